The first kappa shape index (κ1) is 17.6. The fourth-order valence-electron chi connectivity index (χ4n) is 2.18. The van der Waals surface area contributed by atoms with Crippen LogP contribution in [-0.4, -0.2) is 38.7 Å². The van der Waals surface area contributed by atoms with E-state index in [1.54, 1.807) is 0 Å². The van der Waals surface area contributed by atoms with Gasteiger partial charge in [0, 0.05) is 6.54 Å². The van der Waals surface area contributed by atoms with Crippen molar-refractivity contribution in [3.05, 3.63) is 0 Å². The molecule has 18 heavy (non-hydrogen) atoms. The summed E-state index contributed by atoms with van der Waals surface area (Å²) >= 11 is 0. The summed E-state index contributed by atoms with van der Waals surface area (Å²) < 4.78 is 24.3. The van der Waals surface area contributed by atoms with Crippen molar-refractivity contribution >= 4 is 28.3 Å². The molecule has 1 aliphatic carbocycles. The van der Waals surface area contributed by atoms with Crippen LogP contribution in [-0.2, 0) is 14.8 Å². The molecule has 1 unspecified atom stereocenters. The van der Waals surface area contributed by atoms with Crippen LogP contribution in [0, 0.1) is 0 Å². The molecule has 1 fully saturated rings. The van der Waals surface area contributed by atoms with Crippen LogP contribution in [0.15, 0.2) is 0 Å². The van der Waals surface area contributed by atoms with Gasteiger partial charge in [-0.15, -0.1) is 12.4 Å². The molecule has 1 atom stereocenters. The number of amides is 1. The van der Waals surface area contributed by atoms with E-state index >= 15 is 0 Å². The molecule has 1 rings (SSSR count). The summed E-state index contributed by atoms with van der Waals surface area (Å²) in [6, 6.07) is -0.769. The second-order valence-electron chi connectivity index (χ2n) is 4.79. The first-order valence-electron chi connectivity index (χ1n) is 5.77. The smallest absolute Gasteiger partial charge is 0.238 e. The highest BCUT2D eigenvalue weighted by atomic mass is 35.5. The lowest BCUT2D eigenvalue weighted by molar-refractivity contribution is -0.124. The molecule has 1 amide bonds. The van der Waals surface area contributed by atoms with Crippen LogP contribution >= 0.6 is 12.4 Å². The number of halogens is 1. The van der Waals surface area contributed by atoms with Crippen molar-refractivity contribution < 1.29 is 13.2 Å². The Labute approximate surface area is 115 Å². The van der Waals surface area contributed by atoms with Crippen LogP contribution in [0.3, 0.4) is 0 Å². The Bertz CT molecular complexity index is 380. The van der Waals surface area contributed by atoms with Crippen molar-refractivity contribution in [1.29, 1.82) is 0 Å². The molecule has 0 aromatic rings. The van der Waals surface area contributed by atoms with E-state index in [1.165, 1.54) is 6.92 Å². The Morgan fingerprint density at radius 3 is 2.28 bits per heavy atom. The molecule has 0 heterocycles. The highest BCUT2D eigenvalue weighted by Gasteiger charge is 2.35. The summed E-state index contributed by atoms with van der Waals surface area (Å²) in [5, 5.41) is 2.87. The van der Waals surface area contributed by atoms with E-state index in [9.17, 15) is 13.2 Å². The maximum absolute atomic E-state index is 11.8. The third kappa shape index (κ3) is 5.09. The van der Waals surface area contributed by atoms with Gasteiger partial charge >= 0.3 is 0 Å². The minimum Gasteiger partial charge on any atom is -0.348 e. The average molecular weight is 300 g/mol. The summed E-state index contributed by atoms with van der Waals surface area (Å²) in [5.74, 6) is -0.317. The van der Waals surface area contributed by atoms with Crippen LogP contribution in [0.4, 0.5) is 0 Å². The minimum atomic E-state index is -3.37. The lowest BCUT2D eigenvalue weighted by Crippen LogP contribution is -2.56. The molecule has 108 valence electrons. The third-order valence-electron chi connectivity index (χ3n) is 3.12. The van der Waals surface area contributed by atoms with Crippen molar-refractivity contribution in [3.8, 4) is 0 Å². The number of rotatable bonds is 5. The molecule has 8 heteroatoms. The van der Waals surface area contributed by atoms with Gasteiger partial charge in [-0.25, -0.2) is 13.1 Å². The van der Waals surface area contributed by atoms with E-state index < -0.39 is 16.1 Å². The number of hydrogen-bond donors (Lipinski definition) is 3. The topological polar surface area (TPSA) is 101 Å². The van der Waals surface area contributed by atoms with Crippen molar-refractivity contribution in [3.63, 3.8) is 0 Å². The van der Waals surface area contributed by atoms with Gasteiger partial charge in [0.2, 0.25) is 15.9 Å². The second-order valence-corrected chi connectivity index (χ2v) is 6.57. The Morgan fingerprint density at radius 2 is 1.89 bits per heavy atom. The number of carbonyl (C=O) groups is 1. The summed E-state index contributed by atoms with van der Waals surface area (Å²) in [4.78, 5) is 11.8. The summed E-state index contributed by atoms with van der Waals surface area (Å²) in [5.41, 5.74) is 5.35. The fourth-order valence-corrected chi connectivity index (χ4v) is 2.93. The molecule has 0 aromatic carbocycles. The molecular formula is C10H22ClN3O3S. The predicted molar refractivity (Wildman–Crippen MR) is 73.1 cm³/mol. The zero-order valence-electron chi connectivity index (χ0n) is 10.7. The van der Waals surface area contributed by atoms with Gasteiger partial charge in [-0.1, -0.05) is 12.8 Å². The lowest BCUT2D eigenvalue weighted by atomic mass is 9.97. The van der Waals surface area contributed by atoms with E-state index in [2.05, 4.69) is 10.0 Å². The molecule has 0 bridgehead atoms. The van der Waals surface area contributed by atoms with E-state index in [0.717, 1.165) is 31.9 Å². The average Bonchev–Trinajstić information content (AvgIpc) is 2.64. The van der Waals surface area contributed by atoms with Gasteiger partial charge in [0.1, 0.15) is 0 Å². The molecular weight excluding hydrogens is 278 g/mol. The van der Waals surface area contributed by atoms with Gasteiger partial charge in [-0.2, -0.15) is 0 Å². The molecule has 0 radical (unpaired) electrons. The van der Waals surface area contributed by atoms with Crippen molar-refractivity contribution in [2.45, 2.75) is 44.2 Å². The molecule has 1 saturated carbocycles. The summed E-state index contributed by atoms with van der Waals surface area (Å²) in [7, 11) is -3.37. The van der Waals surface area contributed by atoms with Gasteiger partial charge in [-0.05, 0) is 19.8 Å². The molecule has 0 saturated heterocycles. The Kier molecular flexibility index (Phi) is 6.56. The molecule has 4 N–H and O–H groups in total. The van der Waals surface area contributed by atoms with Crippen LogP contribution < -0.4 is 15.8 Å². The second kappa shape index (κ2) is 6.70. The summed E-state index contributed by atoms with van der Waals surface area (Å²) in [6.45, 7) is 1.92. The molecule has 1 aliphatic rings. The van der Waals surface area contributed by atoms with Crippen molar-refractivity contribution in [2.75, 3.05) is 12.8 Å². The number of nitrogens with one attached hydrogen (secondary N) is 2. The zero-order chi connectivity index (χ0) is 13.1. The SMILES string of the molecule is CC(NS(C)(=O)=O)C(=O)NC1(CN)CCCC1.Cl. The molecule has 0 aliphatic heterocycles. The van der Waals surface area contributed by atoms with E-state index in [4.69, 9.17) is 5.73 Å². The maximum Gasteiger partial charge on any atom is 0.238 e. The largest absolute Gasteiger partial charge is 0.348 e. The fraction of sp³-hybridized carbons (Fsp3) is 0.900. The lowest BCUT2D eigenvalue weighted by Gasteiger charge is -2.30. The van der Waals surface area contributed by atoms with Gasteiger partial charge in [0.25, 0.3) is 0 Å². The van der Waals surface area contributed by atoms with Crippen LogP contribution in [0.25, 0.3) is 0 Å². The molecule has 0 aromatic heterocycles. The van der Waals surface area contributed by atoms with Crippen molar-refractivity contribution in [1.82, 2.24) is 10.0 Å². The van der Waals surface area contributed by atoms with Crippen LogP contribution in [0.5, 0.6) is 0 Å². The highest BCUT2D eigenvalue weighted by molar-refractivity contribution is 7.88. The van der Waals surface area contributed by atoms with E-state index in [0.29, 0.717) is 6.54 Å². The first-order chi connectivity index (χ1) is 7.78. The maximum atomic E-state index is 11.8. The van der Waals surface area contributed by atoms with Gasteiger partial charge in [-0.3, -0.25) is 4.79 Å². The molecule has 0 spiro atoms. The van der Waals surface area contributed by atoms with Gasteiger partial charge in [0.15, 0.2) is 0 Å². The first-order valence-corrected chi connectivity index (χ1v) is 7.66. The normalized spacial score (nSPS) is 19.9. The van der Waals surface area contributed by atoms with Crippen LogP contribution in [0.2, 0.25) is 0 Å². The van der Waals surface area contributed by atoms with Gasteiger partial charge in [0.05, 0.1) is 17.8 Å². The Hall–Kier alpha value is -0.370. The standard InChI is InChI=1S/C10H21N3O3S.ClH/c1-8(13-17(2,15)16)9(14)12-10(7-11)5-3-4-6-10;/h8,13H,3-7,11H2,1-2H3,(H,12,14);1H. The van der Waals surface area contributed by atoms with E-state index in [1.807, 2.05) is 0 Å². The Morgan fingerprint density at radius 1 is 1.39 bits per heavy atom. The van der Waals surface area contributed by atoms with Gasteiger partial charge < -0.3 is 11.1 Å². The molecule has 6 nitrogen and oxygen atoms in total. The van der Waals surface area contributed by atoms with Crippen molar-refractivity contribution in [2.24, 2.45) is 5.73 Å². The number of sulfonamides is 1. The van der Waals surface area contributed by atoms with E-state index in [-0.39, 0.29) is 23.9 Å². The monoisotopic (exact) mass is 299 g/mol. The zero-order valence-corrected chi connectivity index (χ0v) is 12.4. The van der Waals surface area contributed by atoms with Crippen LogP contribution in [0.1, 0.15) is 32.6 Å². The predicted octanol–water partition coefficient (Wildman–Crippen LogP) is -0.266. The quantitative estimate of drug-likeness (QED) is 0.650. The third-order valence-corrected chi connectivity index (χ3v) is 3.91. The summed E-state index contributed by atoms with van der Waals surface area (Å²) in [6.07, 6.45) is 4.85. The number of carbonyl (C=O) groups excluding carboxylic acids is 1. The minimum absolute atomic E-state index is 0. The number of nitrogens with two attached hydrogens (primary N) is 1. The highest BCUT2D eigenvalue weighted by Crippen LogP contribution is 2.28. The Balaban J connectivity index is 0.00000289. The number of hydrogen-bond acceptors (Lipinski definition) is 4.